The topological polar surface area (TPSA) is 154 Å². The van der Waals surface area contributed by atoms with E-state index in [0.717, 1.165) is 23.4 Å². The molecule has 1 atom stereocenters. The van der Waals surface area contributed by atoms with Crippen molar-refractivity contribution < 1.29 is 29.0 Å². The monoisotopic (exact) mass is 806 g/mol. The molecule has 15 heteroatoms. The lowest BCUT2D eigenvalue weighted by atomic mass is 9.76. The number of aromatic nitrogens is 1. The zero-order chi connectivity index (χ0) is 40.2. The first-order valence-corrected chi connectivity index (χ1v) is 18.6. The van der Waals surface area contributed by atoms with Gasteiger partial charge in [-0.15, -0.1) is 5.10 Å². The van der Waals surface area contributed by atoms with Crippen LogP contribution in [0.1, 0.15) is 75.9 Å². The molecule has 5 rings (SSSR count). The summed E-state index contributed by atoms with van der Waals surface area (Å²) in [4.78, 5) is 58.2. The van der Waals surface area contributed by atoms with Crippen LogP contribution in [-0.2, 0) is 20.4 Å². The van der Waals surface area contributed by atoms with E-state index in [9.17, 15) is 24.3 Å². The summed E-state index contributed by atoms with van der Waals surface area (Å²) >= 11 is 18.9. The molecule has 4 aromatic rings. The van der Waals surface area contributed by atoms with E-state index in [1.54, 1.807) is 18.2 Å². The second kappa shape index (κ2) is 16.7. The van der Waals surface area contributed by atoms with Crippen molar-refractivity contribution in [2.24, 2.45) is 5.10 Å². The molecule has 4 amide bonds. The van der Waals surface area contributed by atoms with E-state index in [2.05, 4.69) is 68.3 Å². The molecule has 0 saturated carbocycles. The molecular formula is C40H41Cl3N6O6. The summed E-state index contributed by atoms with van der Waals surface area (Å²) in [5, 5.41) is 20.8. The third kappa shape index (κ3) is 9.04. The average molecular weight is 808 g/mol. The van der Waals surface area contributed by atoms with Gasteiger partial charge in [-0.25, -0.2) is 14.7 Å². The highest BCUT2D eigenvalue weighted by molar-refractivity contribution is 6.43. The highest BCUT2D eigenvalue weighted by Gasteiger charge is 2.46. The lowest BCUT2D eigenvalue weighted by molar-refractivity contribution is -0.118. The number of amides is 4. The molecule has 1 aliphatic heterocycles. The smallest absolute Gasteiger partial charge is 0.414 e. The summed E-state index contributed by atoms with van der Waals surface area (Å²) in [6.07, 6.45) is 1.62. The fourth-order valence-corrected chi connectivity index (χ4v) is 6.75. The fraction of sp³-hybridized carbons (Fsp3) is 0.300. The summed E-state index contributed by atoms with van der Waals surface area (Å²) in [5.41, 5.74) is 2.25. The number of nitrogens with zero attached hydrogens (tertiary/aromatic N) is 4. The second-order valence-electron chi connectivity index (χ2n) is 14.2. The highest BCUT2D eigenvalue weighted by atomic mass is 35.5. The molecule has 0 saturated heterocycles. The predicted molar refractivity (Wildman–Crippen MR) is 216 cm³/mol. The lowest BCUT2D eigenvalue weighted by Gasteiger charge is -2.30. The number of carboxylic acid groups (broad SMARTS) is 1. The first kappa shape index (κ1) is 41.0. The zero-order valence-electron chi connectivity index (χ0n) is 31.1. The first-order chi connectivity index (χ1) is 26.0. The standard InChI is InChI=1S/C40H41Cl3N6O6/c1-7-39(3,4)24-15-16-30(27(19-24)40(5,6)8-2)55-22-32(50)45-26-13-11-12-23(18-26)36(51)46-35-34(48(38(53)54)31-14-9-10-17-44-31)37(52)49(47-35)33-28(42)20-25(41)21-29(33)43/h9-21,34H,7-8,22H2,1-6H3,(H,45,50)(H,53,54)(H,46,47,51). The summed E-state index contributed by atoms with van der Waals surface area (Å²) in [7, 11) is 0. The molecule has 2 heterocycles. The van der Waals surface area contributed by atoms with Gasteiger partial charge >= 0.3 is 6.09 Å². The lowest BCUT2D eigenvalue weighted by Crippen LogP contribution is -2.54. The number of hydrogen-bond acceptors (Lipinski definition) is 7. The van der Waals surface area contributed by atoms with Gasteiger partial charge in [0.05, 0.1) is 10.0 Å². The van der Waals surface area contributed by atoms with Gasteiger partial charge in [0.1, 0.15) is 17.3 Å². The molecule has 1 aliphatic rings. The molecule has 0 aliphatic carbocycles. The molecule has 0 bridgehead atoms. The van der Waals surface area contributed by atoms with Crippen molar-refractivity contribution >= 4 is 81.6 Å². The Balaban J connectivity index is 1.38. The normalized spacial score (nSPS) is 14.3. The van der Waals surface area contributed by atoms with Crippen LogP contribution in [0.4, 0.5) is 22.0 Å². The van der Waals surface area contributed by atoms with Crippen LogP contribution in [0.25, 0.3) is 0 Å². The van der Waals surface area contributed by atoms with Crippen LogP contribution >= 0.6 is 34.8 Å². The largest absolute Gasteiger partial charge is 0.483 e. The number of hydrazone groups is 1. The third-order valence-corrected chi connectivity index (χ3v) is 10.5. The van der Waals surface area contributed by atoms with Gasteiger partial charge in [0.25, 0.3) is 17.7 Å². The van der Waals surface area contributed by atoms with Crippen LogP contribution in [0.3, 0.4) is 0 Å². The van der Waals surface area contributed by atoms with Crippen molar-refractivity contribution in [3.8, 4) is 5.75 Å². The van der Waals surface area contributed by atoms with Crippen LogP contribution in [-0.4, -0.2) is 52.4 Å². The van der Waals surface area contributed by atoms with E-state index in [1.807, 2.05) is 12.1 Å². The van der Waals surface area contributed by atoms with Gasteiger partial charge in [-0.3, -0.25) is 14.4 Å². The zero-order valence-corrected chi connectivity index (χ0v) is 33.4. The van der Waals surface area contributed by atoms with Gasteiger partial charge in [0, 0.05) is 28.0 Å². The van der Waals surface area contributed by atoms with Crippen molar-refractivity contribution in [2.45, 2.75) is 71.3 Å². The Hall–Kier alpha value is -5.17. The first-order valence-electron chi connectivity index (χ1n) is 17.5. The van der Waals surface area contributed by atoms with Crippen LogP contribution in [0.15, 0.2) is 84.1 Å². The molecule has 0 spiro atoms. The van der Waals surface area contributed by atoms with Gasteiger partial charge in [0.2, 0.25) is 0 Å². The van der Waals surface area contributed by atoms with Gasteiger partial charge < -0.3 is 20.5 Å². The van der Waals surface area contributed by atoms with Gasteiger partial charge in [0.15, 0.2) is 18.5 Å². The maximum Gasteiger partial charge on any atom is 0.414 e. The highest BCUT2D eigenvalue weighted by Crippen LogP contribution is 2.40. The molecule has 3 N–H and O–H groups in total. The Morgan fingerprint density at radius 1 is 0.891 bits per heavy atom. The maximum atomic E-state index is 14.0. The number of ether oxygens (including phenoxy) is 1. The summed E-state index contributed by atoms with van der Waals surface area (Å²) in [5.74, 6) is -1.96. The van der Waals surface area contributed by atoms with Gasteiger partial charge in [-0.1, -0.05) is 101 Å². The van der Waals surface area contributed by atoms with E-state index in [1.165, 1.54) is 48.2 Å². The maximum absolute atomic E-state index is 14.0. The van der Waals surface area contributed by atoms with Gasteiger partial charge in [-0.2, -0.15) is 5.01 Å². The number of carbonyl (C=O) groups is 4. The summed E-state index contributed by atoms with van der Waals surface area (Å²) < 4.78 is 6.07. The van der Waals surface area contributed by atoms with E-state index in [-0.39, 0.29) is 55.4 Å². The molecule has 0 radical (unpaired) electrons. The number of anilines is 3. The molecule has 1 aromatic heterocycles. The Morgan fingerprint density at radius 3 is 2.20 bits per heavy atom. The van der Waals surface area contributed by atoms with Crippen molar-refractivity contribution in [2.75, 3.05) is 21.8 Å². The number of nitrogens with one attached hydrogen (secondary N) is 2. The van der Waals surface area contributed by atoms with E-state index >= 15 is 0 Å². The molecule has 55 heavy (non-hydrogen) atoms. The quantitative estimate of drug-likeness (QED) is 0.129. The molecule has 3 aromatic carbocycles. The predicted octanol–water partition coefficient (Wildman–Crippen LogP) is 9.08. The Labute approximate surface area is 334 Å². The van der Waals surface area contributed by atoms with Gasteiger partial charge in [-0.05, 0) is 77.8 Å². The molecule has 0 fully saturated rings. The van der Waals surface area contributed by atoms with Crippen molar-refractivity contribution in [1.82, 2.24) is 10.3 Å². The average Bonchev–Trinajstić information content (AvgIpc) is 3.44. The number of carbonyl (C=O) groups excluding carboxylic acids is 3. The molecular weight excluding hydrogens is 767 g/mol. The van der Waals surface area contributed by atoms with Crippen LogP contribution < -0.4 is 25.3 Å². The van der Waals surface area contributed by atoms with Crippen molar-refractivity contribution in [3.63, 3.8) is 0 Å². The number of hydrogen-bond donors (Lipinski definition) is 3. The van der Waals surface area contributed by atoms with Crippen LogP contribution in [0.2, 0.25) is 15.1 Å². The molecule has 12 nitrogen and oxygen atoms in total. The van der Waals surface area contributed by atoms with Crippen molar-refractivity contribution in [3.05, 3.63) is 111 Å². The Morgan fingerprint density at radius 2 is 1.58 bits per heavy atom. The number of amidine groups is 1. The second-order valence-corrected chi connectivity index (χ2v) is 15.4. The minimum Gasteiger partial charge on any atom is -0.483 e. The number of pyridine rings is 1. The number of rotatable bonds is 12. The minimum absolute atomic E-state index is 0.0289. The van der Waals surface area contributed by atoms with Crippen LogP contribution in [0, 0.1) is 0 Å². The Bertz CT molecular complexity index is 2140. The molecule has 288 valence electrons. The molecule has 1 unspecified atom stereocenters. The summed E-state index contributed by atoms with van der Waals surface area (Å²) in [6.45, 7) is 12.6. The van der Waals surface area contributed by atoms with Crippen LogP contribution in [0.5, 0.6) is 5.75 Å². The van der Waals surface area contributed by atoms with E-state index in [0.29, 0.717) is 16.3 Å². The fourth-order valence-electron chi connectivity index (χ4n) is 5.77. The number of halogens is 3. The summed E-state index contributed by atoms with van der Waals surface area (Å²) in [6, 6.07) is 17.6. The van der Waals surface area contributed by atoms with Crippen molar-refractivity contribution in [1.29, 1.82) is 0 Å². The minimum atomic E-state index is -1.70. The Kier molecular flexibility index (Phi) is 12.4. The third-order valence-electron chi connectivity index (χ3n) is 9.73. The van der Waals surface area contributed by atoms with E-state index < -0.39 is 29.9 Å². The SMILES string of the molecule is CCC(C)(C)c1ccc(OCC(=O)Nc2cccc(C(=O)NC3=NN(c4c(Cl)cc(Cl)cc4Cl)C(=O)C3N(C(=O)O)c3ccccn3)c2)c(C(C)(C)CC)c1. The number of benzene rings is 3. The van der Waals surface area contributed by atoms with E-state index in [4.69, 9.17) is 39.5 Å².